The molecule has 11 heteroatoms. The second-order valence-electron chi connectivity index (χ2n) is 7.42. The summed E-state index contributed by atoms with van der Waals surface area (Å²) in [7, 11) is -4.20. The summed E-state index contributed by atoms with van der Waals surface area (Å²) in [6.45, 7) is 1.50. The summed E-state index contributed by atoms with van der Waals surface area (Å²) in [5, 5.41) is 23.2. The van der Waals surface area contributed by atoms with E-state index in [4.69, 9.17) is 0 Å². The minimum atomic E-state index is -4.20. The number of nitro benzene ring substituents is 2. The number of hydrogen-bond acceptors (Lipinski definition) is 6. The van der Waals surface area contributed by atoms with E-state index in [1.165, 1.54) is 42.5 Å². The minimum Gasteiger partial charge on any atom is -0.261 e. The van der Waals surface area contributed by atoms with Crippen molar-refractivity contribution in [3.8, 4) is 0 Å². The van der Waals surface area contributed by atoms with E-state index < -0.39 is 37.1 Å². The van der Waals surface area contributed by atoms with Crippen LogP contribution in [0.15, 0.2) is 65.6 Å². The Bertz CT molecular complexity index is 1420. The van der Waals surface area contributed by atoms with Crippen molar-refractivity contribution in [3.05, 3.63) is 103 Å². The van der Waals surface area contributed by atoms with Gasteiger partial charge in [-0.15, -0.1) is 0 Å². The lowest BCUT2D eigenvalue weighted by Crippen LogP contribution is -2.29. The van der Waals surface area contributed by atoms with Gasteiger partial charge in [-0.05, 0) is 48.4 Å². The molecule has 0 amide bonds. The van der Waals surface area contributed by atoms with Gasteiger partial charge in [0.1, 0.15) is 5.82 Å². The Hall–Kier alpha value is -4.12. The van der Waals surface area contributed by atoms with Crippen LogP contribution in [0.5, 0.6) is 0 Å². The van der Waals surface area contributed by atoms with Gasteiger partial charge in [0.25, 0.3) is 21.4 Å². The molecule has 168 valence electrons. The largest absolute Gasteiger partial charge is 0.285 e. The number of rotatable bonds is 5. The zero-order chi connectivity index (χ0) is 23.9. The third-order valence-corrected chi connectivity index (χ3v) is 6.99. The number of non-ortho nitro benzene ring substituents is 1. The lowest BCUT2D eigenvalue weighted by Gasteiger charge is -2.19. The molecule has 0 atom stereocenters. The maximum Gasteiger partial charge on any atom is 0.285 e. The topological polar surface area (TPSA) is 124 Å². The van der Waals surface area contributed by atoms with Gasteiger partial charge in [0.2, 0.25) is 0 Å². The lowest BCUT2D eigenvalue weighted by atomic mass is 10.0. The van der Waals surface area contributed by atoms with Crippen molar-refractivity contribution in [1.29, 1.82) is 0 Å². The highest BCUT2D eigenvalue weighted by Crippen LogP contribution is 2.47. The number of anilines is 1. The molecule has 0 aromatic heterocycles. The zero-order valence-electron chi connectivity index (χ0n) is 17.1. The highest BCUT2D eigenvalue weighted by molar-refractivity contribution is 7.92. The first-order valence-electron chi connectivity index (χ1n) is 9.60. The van der Waals surface area contributed by atoms with Gasteiger partial charge < -0.3 is 0 Å². The molecular formula is C22H16FN3O6S. The Morgan fingerprint density at radius 2 is 1.61 bits per heavy atom. The number of sulfonamides is 1. The Morgan fingerprint density at radius 1 is 0.970 bits per heavy atom. The van der Waals surface area contributed by atoms with Crippen LogP contribution in [-0.4, -0.2) is 24.8 Å². The van der Waals surface area contributed by atoms with E-state index in [1.807, 2.05) is 0 Å². The summed E-state index contributed by atoms with van der Waals surface area (Å²) < 4.78 is 41.1. The number of hydrogen-bond donors (Lipinski definition) is 0. The molecule has 4 rings (SSSR count). The molecule has 1 heterocycles. The van der Waals surface area contributed by atoms with E-state index >= 15 is 0 Å². The Balaban J connectivity index is 1.97. The predicted molar refractivity (Wildman–Crippen MR) is 120 cm³/mol. The highest BCUT2D eigenvalue weighted by atomic mass is 32.2. The van der Waals surface area contributed by atoms with Gasteiger partial charge in [-0.2, -0.15) is 0 Å². The molecule has 3 aromatic rings. The number of benzene rings is 3. The van der Waals surface area contributed by atoms with Crippen LogP contribution in [-0.2, 0) is 10.0 Å². The molecule has 0 unspecified atom stereocenters. The molecule has 0 fully saturated rings. The molecule has 0 N–H and O–H groups in total. The van der Waals surface area contributed by atoms with Crippen LogP contribution < -0.4 is 4.31 Å². The van der Waals surface area contributed by atoms with E-state index in [-0.39, 0.29) is 28.3 Å². The SMILES string of the molecule is Cc1ccc(S(=O)(=O)N2CC(=Cc3ccc(F)cc3)c3c2cc([N+](=O)[O-])cc3[N+](=O)[O-])cc1. The average Bonchev–Trinajstić information content (AvgIpc) is 3.14. The third-order valence-electron chi connectivity index (χ3n) is 5.21. The van der Waals surface area contributed by atoms with E-state index in [0.29, 0.717) is 5.56 Å². The number of nitrogens with zero attached hydrogens (tertiary/aromatic N) is 3. The van der Waals surface area contributed by atoms with Crippen molar-refractivity contribution in [2.24, 2.45) is 0 Å². The maximum atomic E-state index is 13.4. The van der Waals surface area contributed by atoms with Crippen LogP contribution in [0.2, 0.25) is 0 Å². The van der Waals surface area contributed by atoms with Gasteiger partial charge in [0, 0.05) is 6.07 Å². The van der Waals surface area contributed by atoms with Crippen molar-refractivity contribution >= 4 is 38.7 Å². The van der Waals surface area contributed by atoms with Crippen molar-refractivity contribution in [3.63, 3.8) is 0 Å². The van der Waals surface area contributed by atoms with Gasteiger partial charge in [0.15, 0.2) is 0 Å². The van der Waals surface area contributed by atoms with Crippen LogP contribution in [0.4, 0.5) is 21.5 Å². The third kappa shape index (κ3) is 4.05. The predicted octanol–water partition coefficient (Wildman–Crippen LogP) is 4.70. The van der Waals surface area contributed by atoms with Crippen molar-refractivity contribution in [2.75, 3.05) is 10.8 Å². The van der Waals surface area contributed by atoms with Crippen molar-refractivity contribution in [2.45, 2.75) is 11.8 Å². The van der Waals surface area contributed by atoms with Crippen LogP contribution >= 0.6 is 0 Å². The highest BCUT2D eigenvalue weighted by Gasteiger charge is 2.40. The van der Waals surface area contributed by atoms with Crippen LogP contribution in [0.3, 0.4) is 0 Å². The first-order chi connectivity index (χ1) is 15.6. The van der Waals surface area contributed by atoms with Gasteiger partial charge >= 0.3 is 0 Å². The quantitative estimate of drug-likeness (QED) is 0.394. The number of fused-ring (bicyclic) bond motifs is 1. The van der Waals surface area contributed by atoms with Gasteiger partial charge in [-0.25, -0.2) is 12.8 Å². The molecule has 0 radical (unpaired) electrons. The average molecular weight is 469 g/mol. The lowest BCUT2D eigenvalue weighted by molar-refractivity contribution is -0.394. The Kier molecular flexibility index (Phi) is 5.42. The fourth-order valence-electron chi connectivity index (χ4n) is 3.62. The summed E-state index contributed by atoms with van der Waals surface area (Å²) in [5.41, 5.74) is 0.185. The summed E-state index contributed by atoms with van der Waals surface area (Å²) in [6.07, 6.45) is 1.50. The summed E-state index contributed by atoms with van der Waals surface area (Å²) >= 11 is 0. The first kappa shape index (κ1) is 22.1. The van der Waals surface area contributed by atoms with E-state index in [2.05, 4.69) is 0 Å². The van der Waals surface area contributed by atoms with E-state index in [0.717, 1.165) is 22.0 Å². The van der Waals surface area contributed by atoms with Gasteiger partial charge in [0.05, 0.1) is 38.6 Å². The van der Waals surface area contributed by atoms with Crippen molar-refractivity contribution in [1.82, 2.24) is 0 Å². The molecule has 1 aliphatic heterocycles. The maximum absolute atomic E-state index is 13.4. The van der Waals surface area contributed by atoms with Gasteiger partial charge in [-0.1, -0.05) is 29.8 Å². The summed E-state index contributed by atoms with van der Waals surface area (Å²) in [4.78, 5) is 21.5. The summed E-state index contributed by atoms with van der Waals surface area (Å²) in [5.74, 6) is -0.478. The van der Waals surface area contributed by atoms with E-state index in [1.54, 1.807) is 19.1 Å². The zero-order valence-corrected chi connectivity index (χ0v) is 18.0. The standard InChI is InChI=1S/C22H16FN3O6S/c1-14-2-8-19(9-3-14)33(31,32)24-13-16(10-15-4-6-17(23)7-5-15)22-20(24)11-18(25(27)28)12-21(22)26(29)30/h2-12H,13H2,1H3. The molecular weight excluding hydrogens is 453 g/mol. The fraction of sp³-hybridized carbons (Fsp3) is 0.0909. The number of halogens is 1. The van der Waals surface area contributed by atoms with Crippen LogP contribution in [0.1, 0.15) is 16.7 Å². The second kappa shape index (κ2) is 8.10. The fourth-order valence-corrected chi connectivity index (χ4v) is 5.07. The van der Waals surface area contributed by atoms with E-state index in [9.17, 15) is 33.0 Å². The minimum absolute atomic E-state index is 0.0365. The van der Waals surface area contributed by atoms with Gasteiger partial charge in [-0.3, -0.25) is 24.5 Å². The molecule has 9 nitrogen and oxygen atoms in total. The smallest absolute Gasteiger partial charge is 0.261 e. The molecule has 33 heavy (non-hydrogen) atoms. The summed E-state index contributed by atoms with van der Waals surface area (Å²) in [6, 6.07) is 13.1. The van der Waals surface area contributed by atoms with Crippen LogP contribution in [0.25, 0.3) is 11.6 Å². The number of aryl methyl sites for hydroxylation is 1. The molecule has 1 aliphatic rings. The molecule has 0 bridgehead atoms. The molecule has 0 aliphatic carbocycles. The molecule has 3 aromatic carbocycles. The first-order valence-corrected chi connectivity index (χ1v) is 11.0. The second-order valence-corrected chi connectivity index (χ2v) is 9.28. The molecule has 0 saturated heterocycles. The van der Waals surface area contributed by atoms with Crippen LogP contribution in [0, 0.1) is 33.0 Å². The molecule has 0 spiro atoms. The monoisotopic (exact) mass is 469 g/mol. The number of nitro groups is 2. The Labute approximate surface area is 187 Å². The molecule has 0 saturated carbocycles. The normalized spacial score (nSPS) is 14.4. The Morgan fingerprint density at radius 3 is 2.18 bits per heavy atom. The van der Waals surface area contributed by atoms with Crippen molar-refractivity contribution < 1.29 is 22.7 Å².